The van der Waals surface area contributed by atoms with Gasteiger partial charge in [0.1, 0.15) is 0 Å². The van der Waals surface area contributed by atoms with Gasteiger partial charge in [-0.25, -0.2) is 0 Å². The molecule has 0 bridgehead atoms. The zero-order valence-electron chi connectivity index (χ0n) is 12.4. The van der Waals surface area contributed by atoms with E-state index < -0.39 is 0 Å². The largest absolute Gasteiger partial charge is 0.0628 e. The van der Waals surface area contributed by atoms with Crippen LogP contribution in [0.2, 0.25) is 0 Å². The second kappa shape index (κ2) is 4.89. The quantitative estimate of drug-likeness (QED) is 0.574. The van der Waals surface area contributed by atoms with Gasteiger partial charge in [0, 0.05) is 0 Å². The molecule has 92 valence electrons. The van der Waals surface area contributed by atoms with Gasteiger partial charge in [0.05, 0.1) is 0 Å². The monoisotopic (exact) mass is 212 g/mol. The molecule has 0 radical (unpaired) electrons. The Morgan fingerprint density at radius 1 is 0.800 bits per heavy atom. The van der Waals surface area contributed by atoms with E-state index in [0.29, 0.717) is 10.8 Å². The molecule has 1 unspecified atom stereocenters. The van der Waals surface area contributed by atoms with Gasteiger partial charge >= 0.3 is 0 Å². The van der Waals surface area contributed by atoms with Gasteiger partial charge in [0.15, 0.2) is 0 Å². The van der Waals surface area contributed by atoms with Crippen LogP contribution in [0.1, 0.15) is 68.7 Å². The van der Waals surface area contributed by atoms with Gasteiger partial charge in [0.2, 0.25) is 0 Å². The van der Waals surface area contributed by atoms with Crippen molar-refractivity contribution in [2.24, 2.45) is 28.6 Å². The molecule has 0 aliphatic carbocycles. The summed E-state index contributed by atoms with van der Waals surface area (Å²) in [4.78, 5) is 0. The predicted octanol–water partition coefficient (Wildman–Crippen LogP) is 5.38. The Balaban J connectivity index is 4.83. The second-order valence-electron chi connectivity index (χ2n) is 7.24. The highest BCUT2D eigenvalue weighted by Crippen LogP contribution is 2.50. The van der Waals surface area contributed by atoms with Crippen molar-refractivity contribution < 1.29 is 0 Å². The molecule has 0 N–H and O–H groups in total. The highest BCUT2D eigenvalue weighted by molar-refractivity contribution is 4.91. The lowest BCUT2D eigenvalue weighted by Crippen LogP contribution is -2.40. The summed E-state index contributed by atoms with van der Waals surface area (Å²) in [5.41, 5.74) is 0.830. The number of hydrogen-bond acceptors (Lipinski definition) is 0. The molecule has 0 fully saturated rings. The van der Waals surface area contributed by atoms with E-state index in [0.717, 1.165) is 17.8 Å². The molecule has 0 saturated carbocycles. The molecule has 0 rings (SSSR count). The van der Waals surface area contributed by atoms with E-state index in [1.165, 1.54) is 6.42 Å². The summed E-state index contributed by atoms with van der Waals surface area (Å²) in [5.74, 6) is 2.33. The summed E-state index contributed by atoms with van der Waals surface area (Å²) in [6.07, 6.45) is 1.32. The maximum Gasteiger partial charge on any atom is -0.0275 e. The first-order valence-corrected chi connectivity index (χ1v) is 6.52. The third-order valence-electron chi connectivity index (χ3n) is 4.80. The zero-order valence-corrected chi connectivity index (χ0v) is 12.4. The first kappa shape index (κ1) is 15.0. The summed E-state index contributed by atoms with van der Waals surface area (Å²) in [6.45, 7) is 21.5. The van der Waals surface area contributed by atoms with Crippen LogP contribution in [0.4, 0.5) is 0 Å². The van der Waals surface area contributed by atoms with Crippen LogP contribution in [0.5, 0.6) is 0 Å². The maximum absolute atomic E-state index is 2.44. The van der Waals surface area contributed by atoms with Crippen LogP contribution in [0, 0.1) is 28.6 Å². The number of rotatable bonds is 5. The normalized spacial score (nSPS) is 16.2. The molecule has 0 aromatic carbocycles. The smallest absolute Gasteiger partial charge is 0.0275 e. The average Bonchev–Trinajstić information content (AvgIpc) is 1.99. The fourth-order valence-electron chi connectivity index (χ4n) is 2.73. The van der Waals surface area contributed by atoms with Crippen molar-refractivity contribution in [1.29, 1.82) is 0 Å². The minimum atomic E-state index is 0.408. The molecular weight excluding hydrogens is 180 g/mol. The van der Waals surface area contributed by atoms with Crippen LogP contribution in [-0.4, -0.2) is 0 Å². The van der Waals surface area contributed by atoms with Crippen molar-refractivity contribution in [2.75, 3.05) is 0 Å². The van der Waals surface area contributed by atoms with Crippen LogP contribution >= 0.6 is 0 Å². The van der Waals surface area contributed by atoms with E-state index in [9.17, 15) is 0 Å². The third-order valence-corrected chi connectivity index (χ3v) is 4.80. The Kier molecular flexibility index (Phi) is 4.89. The molecule has 0 aromatic heterocycles. The molecule has 0 amide bonds. The van der Waals surface area contributed by atoms with E-state index in [2.05, 4.69) is 62.3 Å². The molecule has 0 aliphatic rings. The summed E-state index contributed by atoms with van der Waals surface area (Å²) in [5, 5.41) is 0. The highest BCUT2D eigenvalue weighted by Gasteiger charge is 2.41. The minimum absolute atomic E-state index is 0.408. The fraction of sp³-hybridized carbons (Fsp3) is 1.00. The van der Waals surface area contributed by atoms with Crippen molar-refractivity contribution in [1.82, 2.24) is 0 Å². The molecule has 15 heavy (non-hydrogen) atoms. The van der Waals surface area contributed by atoms with Crippen LogP contribution in [-0.2, 0) is 0 Å². The van der Waals surface area contributed by atoms with Crippen LogP contribution < -0.4 is 0 Å². The fourth-order valence-corrected chi connectivity index (χ4v) is 2.73. The molecule has 1 atom stereocenters. The molecular formula is C15H32. The van der Waals surface area contributed by atoms with Gasteiger partial charge in [-0.15, -0.1) is 0 Å². The first-order chi connectivity index (χ1) is 6.52. The van der Waals surface area contributed by atoms with Crippen LogP contribution in [0.25, 0.3) is 0 Å². The Labute approximate surface area is 97.8 Å². The summed E-state index contributed by atoms with van der Waals surface area (Å²) >= 11 is 0. The van der Waals surface area contributed by atoms with E-state index in [1.54, 1.807) is 0 Å². The topological polar surface area (TPSA) is 0 Å². The van der Waals surface area contributed by atoms with E-state index >= 15 is 0 Å². The lowest BCUT2D eigenvalue weighted by atomic mass is 9.57. The lowest BCUT2D eigenvalue weighted by molar-refractivity contribution is 0.00858. The van der Waals surface area contributed by atoms with Gasteiger partial charge in [-0.05, 0) is 35.0 Å². The molecule has 0 aromatic rings. The van der Waals surface area contributed by atoms with Gasteiger partial charge in [-0.1, -0.05) is 62.3 Å². The third kappa shape index (κ3) is 3.50. The molecule has 0 aliphatic heterocycles. The van der Waals surface area contributed by atoms with E-state index in [1.807, 2.05) is 0 Å². The van der Waals surface area contributed by atoms with Crippen molar-refractivity contribution in [2.45, 2.75) is 68.7 Å². The SMILES string of the molecule is CC(C)CC(C)(C)C(C)(C)C(C)C(C)C. The molecule has 0 saturated heterocycles. The Morgan fingerprint density at radius 2 is 1.20 bits per heavy atom. The Morgan fingerprint density at radius 3 is 1.47 bits per heavy atom. The molecule has 0 spiro atoms. The Hall–Kier alpha value is 0. The van der Waals surface area contributed by atoms with Crippen molar-refractivity contribution in [3.05, 3.63) is 0 Å². The second-order valence-corrected chi connectivity index (χ2v) is 7.24. The molecule has 0 heterocycles. The van der Waals surface area contributed by atoms with Crippen molar-refractivity contribution in [3.63, 3.8) is 0 Å². The zero-order chi connectivity index (χ0) is 12.4. The maximum atomic E-state index is 2.44. The average molecular weight is 212 g/mol. The summed E-state index contributed by atoms with van der Waals surface area (Å²) in [6, 6.07) is 0. The summed E-state index contributed by atoms with van der Waals surface area (Å²) < 4.78 is 0. The van der Waals surface area contributed by atoms with Crippen molar-refractivity contribution in [3.8, 4) is 0 Å². The minimum Gasteiger partial charge on any atom is -0.0628 e. The first-order valence-electron chi connectivity index (χ1n) is 6.52. The van der Waals surface area contributed by atoms with Crippen molar-refractivity contribution >= 4 is 0 Å². The van der Waals surface area contributed by atoms with E-state index in [4.69, 9.17) is 0 Å². The van der Waals surface area contributed by atoms with Crippen LogP contribution in [0.3, 0.4) is 0 Å². The standard InChI is InChI=1S/C15H32/c1-11(2)10-14(6,7)15(8,9)13(5)12(3)4/h11-13H,10H2,1-9H3. The van der Waals surface area contributed by atoms with Gasteiger partial charge < -0.3 is 0 Å². The van der Waals surface area contributed by atoms with Crippen LogP contribution in [0.15, 0.2) is 0 Å². The molecule has 0 heteroatoms. The van der Waals surface area contributed by atoms with Gasteiger partial charge in [0.25, 0.3) is 0 Å². The Bertz CT molecular complexity index is 184. The number of hydrogen-bond donors (Lipinski definition) is 0. The molecule has 0 nitrogen and oxygen atoms in total. The highest BCUT2D eigenvalue weighted by atomic mass is 14.5. The summed E-state index contributed by atoms with van der Waals surface area (Å²) in [7, 11) is 0. The van der Waals surface area contributed by atoms with E-state index in [-0.39, 0.29) is 0 Å². The van der Waals surface area contributed by atoms with Gasteiger partial charge in [-0.2, -0.15) is 0 Å². The predicted molar refractivity (Wildman–Crippen MR) is 71.0 cm³/mol. The van der Waals surface area contributed by atoms with Gasteiger partial charge in [-0.3, -0.25) is 0 Å². The lowest BCUT2D eigenvalue weighted by Gasteiger charge is -2.48.